The van der Waals surface area contributed by atoms with Gasteiger partial charge in [-0.15, -0.1) is 0 Å². The average molecular weight is 230 g/mol. The number of nitrogens with two attached hydrogens (primary N) is 1. The number of ketones is 1. The zero-order valence-electron chi connectivity index (χ0n) is 9.68. The van der Waals surface area contributed by atoms with Crippen molar-refractivity contribution in [2.75, 3.05) is 6.54 Å². The largest absolute Gasteiger partial charge is 0.324 e. The summed E-state index contributed by atoms with van der Waals surface area (Å²) >= 11 is 0. The van der Waals surface area contributed by atoms with E-state index in [1.54, 1.807) is 12.3 Å². The zero-order chi connectivity index (χ0) is 12.0. The Morgan fingerprint density at radius 2 is 2.35 bits per heavy atom. The summed E-state index contributed by atoms with van der Waals surface area (Å²) in [5.41, 5.74) is 7.50. The van der Waals surface area contributed by atoms with Crippen molar-refractivity contribution in [1.82, 2.24) is 14.5 Å². The number of fused-ring (bicyclic) bond motifs is 1. The van der Waals surface area contributed by atoms with Crippen LogP contribution in [0, 0.1) is 0 Å². The standard InChI is InChI=1S/C12H14N4O/c1-16-11(7-2-3-7)15-9-4-8(10(17)5-13)6-14-12(9)16/h4,6-7H,2-3,5,13H2,1H3. The highest BCUT2D eigenvalue weighted by molar-refractivity contribution is 5.99. The van der Waals surface area contributed by atoms with Gasteiger partial charge in [-0.3, -0.25) is 4.79 Å². The lowest BCUT2D eigenvalue weighted by molar-refractivity contribution is 0.100. The normalized spacial score (nSPS) is 15.4. The molecule has 2 heterocycles. The minimum absolute atomic E-state index is 0.00943. The van der Waals surface area contributed by atoms with E-state index in [9.17, 15) is 4.79 Å². The number of hydrogen-bond acceptors (Lipinski definition) is 4. The maximum Gasteiger partial charge on any atom is 0.178 e. The molecule has 0 atom stereocenters. The van der Waals surface area contributed by atoms with Crippen LogP contribution in [-0.4, -0.2) is 26.9 Å². The number of carbonyl (C=O) groups excluding carboxylic acids is 1. The molecule has 0 amide bonds. The van der Waals surface area contributed by atoms with Crippen molar-refractivity contribution in [3.63, 3.8) is 0 Å². The van der Waals surface area contributed by atoms with Crippen LogP contribution < -0.4 is 5.73 Å². The fraction of sp³-hybridized carbons (Fsp3) is 0.417. The molecule has 1 aliphatic carbocycles. The van der Waals surface area contributed by atoms with Crippen molar-refractivity contribution < 1.29 is 4.79 Å². The first-order valence-corrected chi connectivity index (χ1v) is 5.76. The van der Waals surface area contributed by atoms with Crippen LogP contribution in [0.1, 0.15) is 34.9 Å². The van der Waals surface area contributed by atoms with Gasteiger partial charge in [0.2, 0.25) is 0 Å². The molecule has 0 radical (unpaired) electrons. The van der Waals surface area contributed by atoms with Gasteiger partial charge in [-0.05, 0) is 18.9 Å². The molecule has 5 nitrogen and oxygen atoms in total. The molecule has 17 heavy (non-hydrogen) atoms. The molecule has 0 aliphatic heterocycles. The van der Waals surface area contributed by atoms with E-state index in [2.05, 4.69) is 9.97 Å². The average Bonchev–Trinajstić information content (AvgIpc) is 3.14. The van der Waals surface area contributed by atoms with Crippen LogP contribution in [0.5, 0.6) is 0 Å². The third kappa shape index (κ3) is 1.63. The summed E-state index contributed by atoms with van der Waals surface area (Å²) in [6.07, 6.45) is 3.98. The van der Waals surface area contributed by atoms with Crippen LogP contribution >= 0.6 is 0 Å². The fourth-order valence-corrected chi connectivity index (χ4v) is 2.07. The number of hydrogen-bond donors (Lipinski definition) is 1. The number of aryl methyl sites for hydroxylation is 1. The molecule has 5 heteroatoms. The van der Waals surface area contributed by atoms with Crippen molar-refractivity contribution in [2.24, 2.45) is 12.8 Å². The predicted molar refractivity (Wildman–Crippen MR) is 63.9 cm³/mol. The van der Waals surface area contributed by atoms with Gasteiger partial charge in [-0.1, -0.05) is 0 Å². The van der Waals surface area contributed by atoms with Gasteiger partial charge < -0.3 is 10.3 Å². The summed E-state index contributed by atoms with van der Waals surface area (Å²) in [5.74, 6) is 1.55. The number of rotatable bonds is 3. The Morgan fingerprint density at radius 3 is 3.00 bits per heavy atom. The van der Waals surface area contributed by atoms with Crippen molar-refractivity contribution in [2.45, 2.75) is 18.8 Å². The molecule has 1 aliphatic rings. The van der Waals surface area contributed by atoms with Gasteiger partial charge in [0.25, 0.3) is 0 Å². The van der Waals surface area contributed by atoms with Crippen LogP contribution in [0.25, 0.3) is 11.2 Å². The highest BCUT2D eigenvalue weighted by atomic mass is 16.1. The van der Waals surface area contributed by atoms with Crippen LogP contribution in [0.15, 0.2) is 12.3 Å². The van der Waals surface area contributed by atoms with Gasteiger partial charge in [-0.2, -0.15) is 0 Å². The molecule has 3 rings (SSSR count). The maximum absolute atomic E-state index is 11.5. The topological polar surface area (TPSA) is 73.8 Å². The molecule has 1 fully saturated rings. The molecule has 88 valence electrons. The van der Waals surface area contributed by atoms with Gasteiger partial charge in [0.1, 0.15) is 11.3 Å². The highest BCUT2D eigenvalue weighted by Gasteiger charge is 2.29. The first-order valence-electron chi connectivity index (χ1n) is 5.76. The van der Waals surface area contributed by atoms with E-state index in [-0.39, 0.29) is 12.3 Å². The molecular formula is C12H14N4O. The number of Topliss-reactive ketones (excluding diaryl/α,β-unsaturated/α-hetero) is 1. The first-order chi connectivity index (χ1) is 8.20. The fourth-order valence-electron chi connectivity index (χ4n) is 2.07. The van der Waals surface area contributed by atoms with Gasteiger partial charge in [-0.25, -0.2) is 9.97 Å². The van der Waals surface area contributed by atoms with E-state index < -0.39 is 0 Å². The SMILES string of the molecule is Cn1c(C2CC2)nc2cc(C(=O)CN)cnc21. The number of aromatic nitrogens is 3. The summed E-state index contributed by atoms with van der Waals surface area (Å²) < 4.78 is 2.02. The summed E-state index contributed by atoms with van der Waals surface area (Å²) in [5, 5.41) is 0. The first kappa shape index (κ1) is 10.4. The smallest absolute Gasteiger partial charge is 0.178 e. The maximum atomic E-state index is 11.5. The predicted octanol–water partition coefficient (Wildman–Crippen LogP) is 0.987. The second-order valence-electron chi connectivity index (χ2n) is 4.50. The van der Waals surface area contributed by atoms with Gasteiger partial charge in [0.15, 0.2) is 11.4 Å². The molecule has 0 unspecified atom stereocenters. The Balaban J connectivity index is 2.13. The van der Waals surface area contributed by atoms with Crippen molar-refractivity contribution in [3.8, 4) is 0 Å². The Labute approximate surface area is 98.7 Å². The number of carbonyl (C=O) groups is 1. The van der Waals surface area contributed by atoms with Crippen LogP contribution in [0.4, 0.5) is 0 Å². The minimum atomic E-state index is -0.0991. The summed E-state index contributed by atoms with van der Waals surface area (Å²) in [6.45, 7) is 0.00943. The van der Waals surface area contributed by atoms with Crippen molar-refractivity contribution in [1.29, 1.82) is 0 Å². The van der Waals surface area contributed by atoms with Crippen molar-refractivity contribution >= 4 is 16.9 Å². The molecule has 2 aromatic heterocycles. The number of imidazole rings is 1. The number of nitrogens with zero attached hydrogens (tertiary/aromatic N) is 3. The lowest BCUT2D eigenvalue weighted by atomic mass is 10.2. The summed E-state index contributed by atoms with van der Waals surface area (Å²) in [7, 11) is 1.97. The van der Waals surface area contributed by atoms with Crippen LogP contribution in [0.2, 0.25) is 0 Å². The second kappa shape index (κ2) is 3.63. The van der Waals surface area contributed by atoms with Gasteiger partial charge in [0, 0.05) is 24.7 Å². The lowest BCUT2D eigenvalue weighted by Crippen LogP contribution is -2.13. The van der Waals surface area contributed by atoms with Gasteiger partial charge >= 0.3 is 0 Å². The summed E-state index contributed by atoms with van der Waals surface area (Å²) in [6, 6.07) is 1.78. The minimum Gasteiger partial charge on any atom is -0.324 e. The van der Waals surface area contributed by atoms with E-state index in [0.717, 1.165) is 17.0 Å². The number of pyridine rings is 1. The zero-order valence-corrected chi connectivity index (χ0v) is 9.68. The van der Waals surface area contributed by atoms with Crippen LogP contribution in [-0.2, 0) is 7.05 Å². The molecular weight excluding hydrogens is 216 g/mol. The van der Waals surface area contributed by atoms with E-state index in [1.807, 2.05) is 11.6 Å². The van der Waals surface area contributed by atoms with Crippen LogP contribution in [0.3, 0.4) is 0 Å². The molecule has 1 saturated carbocycles. The van der Waals surface area contributed by atoms with E-state index in [4.69, 9.17) is 5.73 Å². The molecule has 2 N–H and O–H groups in total. The third-order valence-corrected chi connectivity index (χ3v) is 3.19. The Kier molecular flexibility index (Phi) is 2.22. The second-order valence-corrected chi connectivity index (χ2v) is 4.50. The van der Waals surface area contributed by atoms with E-state index >= 15 is 0 Å². The lowest BCUT2D eigenvalue weighted by Gasteiger charge is -1.99. The molecule has 2 aromatic rings. The van der Waals surface area contributed by atoms with E-state index in [1.165, 1.54) is 12.8 Å². The monoisotopic (exact) mass is 230 g/mol. The molecule has 0 aromatic carbocycles. The Bertz CT molecular complexity index is 598. The third-order valence-electron chi connectivity index (χ3n) is 3.19. The highest BCUT2D eigenvalue weighted by Crippen LogP contribution is 2.39. The molecule has 0 bridgehead atoms. The Morgan fingerprint density at radius 1 is 1.59 bits per heavy atom. The quantitative estimate of drug-likeness (QED) is 0.798. The molecule has 0 spiro atoms. The molecule has 0 saturated heterocycles. The Hall–Kier alpha value is -1.75. The van der Waals surface area contributed by atoms with Crippen molar-refractivity contribution in [3.05, 3.63) is 23.7 Å². The van der Waals surface area contributed by atoms with E-state index in [0.29, 0.717) is 11.5 Å². The summed E-state index contributed by atoms with van der Waals surface area (Å²) in [4.78, 5) is 20.4. The van der Waals surface area contributed by atoms with Gasteiger partial charge in [0.05, 0.1) is 6.54 Å².